The number of imide groups is 1. The van der Waals surface area contributed by atoms with E-state index in [9.17, 15) is 42.0 Å². The molecule has 1 unspecified atom stereocenters. The number of unbranched alkanes of at least 4 members (excludes halogenated alkanes) is 4. The molecule has 7 rings (SSSR count). The molecule has 430 valence electrons. The van der Waals surface area contributed by atoms with Crippen LogP contribution >= 0.6 is 0 Å². The minimum atomic E-state index is -4.68. The van der Waals surface area contributed by atoms with Crippen LogP contribution in [0.15, 0.2) is 95.6 Å². The number of carbonyl (C=O) groups is 5. The van der Waals surface area contributed by atoms with Crippen LogP contribution in [0.25, 0.3) is 0 Å². The number of anilines is 1. The van der Waals surface area contributed by atoms with Crippen LogP contribution in [0.4, 0.5) is 11.4 Å². The number of phenols is 1. The van der Waals surface area contributed by atoms with E-state index in [0.29, 0.717) is 70.2 Å². The maximum atomic E-state index is 13.3. The summed E-state index contributed by atoms with van der Waals surface area (Å²) >= 11 is 0. The second-order valence-corrected chi connectivity index (χ2v) is 23.8. The molecule has 3 aromatic rings. The van der Waals surface area contributed by atoms with E-state index < -0.39 is 31.7 Å². The molecular weight excluding hydrogens is 1060 g/mol. The van der Waals surface area contributed by atoms with Crippen LogP contribution in [0.5, 0.6) is 11.5 Å². The third-order valence-electron chi connectivity index (χ3n) is 15.8. The number of fused-ring (bicyclic) bond motifs is 3. The van der Waals surface area contributed by atoms with Crippen molar-refractivity contribution in [1.82, 2.24) is 15.5 Å². The Morgan fingerprint density at radius 1 is 0.762 bits per heavy atom. The molecule has 0 aliphatic carbocycles. The first-order valence-electron chi connectivity index (χ1n) is 27.3. The highest BCUT2D eigenvalue weighted by Crippen LogP contribution is 2.49. The number of hydrogen-bond donors (Lipinski definition) is 3. The normalized spacial score (nSPS) is 18.3. The Morgan fingerprint density at radius 3 is 2.12 bits per heavy atom. The number of benzene rings is 3. The first-order chi connectivity index (χ1) is 37.7. The molecule has 1 atom stereocenters. The summed E-state index contributed by atoms with van der Waals surface area (Å²) in [7, 11) is -7.80. The zero-order valence-corrected chi connectivity index (χ0v) is 48.7. The number of allylic oxidation sites excluding steroid dienone is 6. The molecule has 0 fully saturated rings. The molecule has 4 aliphatic heterocycles. The lowest BCUT2D eigenvalue weighted by molar-refractivity contribution is -0.438. The monoisotopic (exact) mass is 1140 g/mol. The molecule has 0 bridgehead atoms. The maximum absolute atomic E-state index is 13.3. The van der Waals surface area contributed by atoms with Crippen LogP contribution in [0.1, 0.15) is 139 Å². The molecule has 0 aromatic heterocycles. The molecule has 20 heteroatoms. The number of nitrogens with one attached hydrogen (secondary N) is 2. The van der Waals surface area contributed by atoms with Gasteiger partial charge in [0.05, 0.1) is 10.3 Å². The van der Waals surface area contributed by atoms with Gasteiger partial charge < -0.3 is 29.9 Å². The van der Waals surface area contributed by atoms with E-state index in [-0.39, 0.29) is 58.6 Å². The fourth-order valence-electron chi connectivity index (χ4n) is 11.0. The van der Waals surface area contributed by atoms with Gasteiger partial charge in [-0.3, -0.25) is 28.9 Å². The van der Waals surface area contributed by atoms with Gasteiger partial charge in [-0.05, 0) is 127 Å². The molecule has 80 heavy (non-hydrogen) atoms. The van der Waals surface area contributed by atoms with Crippen molar-refractivity contribution in [1.29, 1.82) is 0 Å². The fourth-order valence-corrected chi connectivity index (χ4v) is 11.5. The van der Waals surface area contributed by atoms with Gasteiger partial charge in [-0.1, -0.05) is 56.7 Å². The predicted molar refractivity (Wildman–Crippen MR) is 303 cm³/mol. The van der Waals surface area contributed by atoms with Crippen molar-refractivity contribution in [3.05, 3.63) is 124 Å². The molecule has 0 saturated heterocycles. The van der Waals surface area contributed by atoms with E-state index in [1.54, 1.807) is 13.0 Å². The Balaban J connectivity index is 0.00000249. The van der Waals surface area contributed by atoms with Gasteiger partial charge >= 0.3 is 10.6 Å². The fraction of sp³-hybridized carbons (Fsp3) is 0.467. The zero-order valence-electron chi connectivity index (χ0n) is 47.1. The molecule has 4 heterocycles. The molecule has 0 saturated carbocycles. The summed E-state index contributed by atoms with van der Waals surface area (Å²) < 4.78 is 70.5. The van der Waals surface area contributed by atoms with Crippen molar-refractivity contribution in [2.24, 2.45) is 0 Å². The van der Waals surface area contributed by atoms with Crippen molar-refractivity contribution in [3.8, 4) is 11.5 Å². The van der Waals surface area contributed by atoms with E-state index in [1.807, 2.05) is 65.0 Å². The highest BCUT2D eigenvalue weighted by molar-refractivity contribution is 7.85. The number of ether oxygens (including phenoxy) is 1. The van der Waals surface area contributed by atoms with Gasteiger partial charge in [0.25, 0.3) is 17.7 Å². The largest absolute Gasteiger partial charge is 0.744 e. The smallest absolute Gasteiger partial charge is 0.425 e. The minimum absolute atomic E-state index is 0.111. The third kappa shape index (κ3) is 14.7. The van der Waals surface area contributed by atoms with Gasteiger partial charge in [0.15, 0.2) is 11.3 Å². The van der Waals surface area contributed by atoms with Crippen LogP contribution in [-0.2, 0) is 62.0 Å². The zero-order chi connectivity index (χ0) is 58.7. The number of amides is 4. The van der Waals surface area contributed by atoms with Crippen molar-refractivity contribution in [3.63, 3.8) is 0 Å². The van der Waals surface area contributed by atoms with E-state index in [4.69, 9.17) is 17.4 Å². The highest BCUT2D eigenvalue weighted by Gasteiger charge is 2.45. The molecule has 4 amide bonds. The molecule has 4 aliphatic rings. The number of rotatable bonds is 24. The van der Waals surface area contributed by atoms with Crippen LogP contribution in [0.2, 0.25) is 0 Å². The molecule has 3 N–H and O–H groups in total. The van der Waals surface area contributed by atoms with Gasteiger partial charge in [0, 0.05) is 111 Å². The summed E-state index contributed by atoms with van der Waals surface area (Å²) in [4.78, 5) is 65.4. The van der Waals surface area contributed by atoms with Crippen molar-refractivity contribution >= 4 is 67.2 Å². The summed E-state index contributed by atoms with van der Waals surface area (Å²) in [6, 6.07) is 13.0. The predicted octanol–water partition coefficient (Wildman–Crippen LogP) is 7.80. The Kier molecular flexibility index (Phi) is 20.6. The first kappa shape index (κ1) is 62.2. The number of phenolic OH excluding ortho intramolecular Hbond substituents is 1. The average Bonchev–Trinajstić information content (AvgIpc) is 4.15. The van der Waals surface area contributed by atoms with E-state index >= 15 is 0 Å². The summed E-state index contributed by atoms with van der Waals surface area (Å²) in [5.41, 5.74) is 7.40. The van der Waals surface area contributed by atoms with Crippen LogP contribution in [-0.4, -0.2) is 114 Å². The highest BCUT2D eigenvalue weighted by atomic mass is 32.2. The van der Waals surface area contributed by atoms with Gasteiger partial charge in [-0.2, -0.15) is 4.58 Å². The molecule has 0 spiro atoms. The standard InChI is InChI=1S/C60H75N5O10S.O3S/c1-40-41(2)56-45(42(3)55(40)70)32-33-60(8,75-56)57(71)62-34-20-22-43(66)21-12-10-18-37-64-49-29-28-44(76(72,73)74)39-47(49)59(6,7)51(64)26-14-9-13-25-50-58(4,5)46-23-16-17-24-48(46)63(50)36-19-11-15-27-52(67)61-35-38-65-53(68)30-31-54(65)69;1-4(2)3/h9,13-14,16-17,23-26,28-31,39H,10-12,15,18-22,27,32-38H2,1-8H3,(H3-,61,62,67,70,71,72,73,74);. The number of para-hydroxylation sites is 1. The summed E-state index contributed by atoms with van der Waals surface area (Å²) in [5, 5.41) is 16.3. The summed E-state index contributed by atoms with van der Waals surface area (Å²) in [6.07, 6.45) is 20.0. The first-order valence-corrected chi connectivity index (χ1v) is 29.7. The lowest BCUT2D eigenvalue weighted by Gasteiger charge is -2.36. The number of Topliss-reactive ketones (excluding diaryl/α,β-unsaturated/α-hetero) is 1. The van der Waals surface area contributed by atoms with Crippen molar-refractivity contribution in [2.75, 3.05) is 37.6 Å². The van der Waals surface area contributed by atoms with Gasteiger partial charge in [-0.15, -0.1) is 12.6 Å². The summed E-state index contributed by atoms with van der Waals surface area (Å²) in [5.74, 6) is 0.00818. The molecule has 18 nitrogen and oxygen atoms in total. The molecule has 0 radical (unpaired) electrons. The van der Waals surface area contributed by atoms with Crippen LogP contribution in [0, 0.1) is 20.8 Å². The topological polar surface area (TPSA) is 257 Å². The Morgan fingerprint density at radius 2 is 1.43 bits per heavy atom. The minimum Gasteiger partial charge on any atom is -0.744 e. The number of ketones is 1. The lowest BCUT2D eigenvalue weighted by Crippen LogP contribution is -2.51. The third-order valence-corrected chi connectivity index (χ3v) is 16.6. The lowest BCUT2D eigenvalue weighted by atomic mass is 9.81. The quantitative estimate of drug-likeness (QED) is 0.0254. The average molecular weight is 1140 g/mol. The number of aromatic hydroxyl groups is 1. The SMILES string of the molecule is Cc1c(C)c2c(c(C)c1O)CCC(C)(C(=O)NCCCC(=O)CCCCCN1C(=CC=CC=CC3=[N+](CCCCCC(=O)NCCN4C(=O)C=CC4=O)c4ccccc4C3(C)C)C(C)(C)c3cc(S(=O)(=O)[O-])ccc31)O2.O=S(=O)=O. The van der Waals surface area contributed by atoms with Crippen molar-refractivity contribution < 1.29 is 64.0 Å². The summed E-state index contributed by atoms with van der Waals surface area (Å²) in [6.45, 7) is 18.0. The van der Waals surface area contributed by atoms with Crippen LogP contribution < -0.4 is 20.3 Å². The molecular formula is C60H75N5O13S2. The van der Waals surface area contributed by atoms with Crippen molar-refractivity contribution in [2.45, 2.75) is 154 Å². The number of carbonyl (C=O) groups excluding carboxylic acids is 5. The van der Waals surface area contributed by atoms with E-state index in [1.165, 1.54) is 29.8 Å². The Hall–Kier alpha value is -7.03. The maximum Gasteiger partial charge on any atom is 0.425 e. The van der Waals surface area contributed by atoms with Gasteiger partial charge in [-0.25, -0.2) is 8.42 Å². The number of hydrogen-bond acceptors (Lipinski definition) is 14. The van der Waals surface area contributed by atoms with Gasteiger partial charge in [0.1, 0.15) is 33.9 Å². The molecule has 3 aromatic carbocycles. The second-order valence-electron chi connectivity index (χ2n) is 22.0. The Bertz CT molecular complexity index is 3280. The Labute approximate surface area is 471 Å². The van der Waals surface area contributed by atoms with E-state index in [0.717, 1.165) is 87.7 Å². The van der Waals surface area contributed by atoms with Gasteiger partial charge in [0.2, 0.25) is 11.6 Å². The number of nitrogens with zero attached hydrogens (tertiary/aromatic N) is 3. The second kappa shape index (κ2) is 26.5. The van der Waals surface area contributed by atoms with E-state index in [2.05, 4.69) is 58.2 Å². The van der Waals surface area contributed by atoms with Crippen LogP contribution in [0.3, 0.4) is 0 Å².